The molecule has 0 fully saturated rings. The van der Waals surface area contributed by atoms with Gasteiger partial charge in [-0.05, 0) is 0 Å². The summed E-state index contributed by atoms with van der Waals surface area (Å²) in [5.74, 6) is 0. The van der Waals surface area contributed by atoms with Crippen molar-refractivity contribution in [3.63, 3.8) is 0 Å². The van der Waals surface area contributed by atoms with Crippen LogP contribution in [-0.2, 0) is 187 Å². The Kier molecular flexibility index (Phi) is 848. The van der Waals surface area contributed by atoms with Crippen LogP contribution in [0.1, 0.15) is 0 Å². The van der Waals surface area contributed by atoms with Gasteiger partial charge in [0, 0.05) is 187 Å². The second-order valence-corrected chi connectivity index (χ2v) is 0. The third-order valence-electron chi connectivity index (χ3n) is 0. The topological polar surface area (TPSA) is 0 Å². The van der Waals surface area contributed by atoms with Crippen molar-refractivity contribution in [2.75, 3.05) is 0 Å². The van der Waals surface area contributed by atoms with E-state index < -0.39 is 0 Å². The first kappa shape index (κ1) is 102. The van der Waals surface area contributed by atoms with Crippen LogP contribution in [0.25, 0.3) is 0 Å². The molecule has 0 unspecified atom stereocenters. The molecule has 0 rings (SSSR count). The average molecular weight is 934 g/mol. The number of rotatable bonds is 0. The summed E-state index contributed by atoms with van der Waals surface area (Å²) in [5.41, 5.74) is 0. The molecule has 0 bridgehead atoms. The van der Waals surface area contributed by atoms with Crippen LogP contribution in [0, 0.1) is 0 Å². The monoisotopic (exact) mass is 934 g/mol. The van der Waals surface area contributed by atoms with Crippen LogP contribution in [0.5, 0.6) is 0 Å². The Balaban J connectivity index is 0. The smallest absolute Gasteiger partial charge is 0 e. The fourth-order valence-corrected chi connectivity index (χ4v) is 0. The van der Waals surface area contributed by atoms with Crippen molar-refractivity contribution in [3.8, 4) is 0 Å². The van der Waals surface area contributed by atoms with E-state index >= 15 is 0 Å². The van der Waals surface area contributed by atoms with Gasteiger partial charge >= 0.3 is 0 Å². The molecule has 0 aromatic carbocycles. The summed E-state index contributed by atoms with van der Waals surface area (Å²) >= 11 is 0. The molecular weight excluding hydrogens is 934 g/mol. The van der Waals surface area contributed by atoms with E-state index in [0.29, 0.717) is 0 Å². The first-order valence-corrected chi connectivity index (χ1v) is 0. The molecule has 0 atom stereocenters. The molecule has 0 aromatic rings. The van der Waals surface area contributed by atoms with E-state index in [1.54, 1.807) is 0 Å². The molecule has 71 valence electrons. The van der Waals surface area contributed by atoms with E-state index in [0.717, 1.165) is 0 Å². The van der Waals surface area contributed by atoms with Gasteiger partial charge < -0.3 is 0 Å². The summed E-state index contributed by atoms with van der Waals surface area (Å²) in [7, 11) is 0. The van der Waals surface area contributed by atoms with Crippen LogP contribution < -0.4 is 0 Å². The van der Waals surface area contributed by atoms with Gasteiger partial charge in [0.1, 0.15) is 0 Å². The largest absolute Gasteiger partial charge is 0 e. The van der Waals surface area contributed by atoms with Gasteiger partial charge in [0.25, 0.3) is 0 Å². The van der Waals surface area contributed by atoms with Crippen molar-refractivity contribution >= 4 is 0 Å². The van der Waals surface area contributed by atoms with Gasteiger partial charge in [0.05, 0.1) is 0 Å². The normalized spacial score (nSPS) is 0. The fraction of sp³-hybridized carbons (Fsp3) is 0. The standard InChI is InChI=1S/7Fe.3Ta. The van der Waals surface area contributed by atoms with Crippen molar-refractivity contribution in [1.29, 1.82) is 0 Å². The summed E-state index contributed by atoms with van der Waals surface area (Å²) in [6.45, 7) is 0. The van der Waals surface area contributed by atoms with E-state index in [2.05, 4.69) is 0 Å². The molecule has 0 aliphatic heterocycles. The number of hydrogen-bond acceptors (Lipinski definition) is 0. The second-order valence-electron chi connectivity index (χ2n) is 0. The molecular formula is Fe7Ta3. The Morgan fingerprint density at radius 2 is 0.200 bits per heavy atom. The summed E-state index contributed by atoms with van der Waals surface area (Å²) in [6, 6.07) is 0. The Morgan fingerprint density at radius 1 is 0.200 bits per heavy atom. The van der Waals surface area contributed by atoms with Gasteiger partial charge in [-0.2, -0.15) is 0 Å². The van der Waals surface area contributed by atoms with Gasteiger partial charge in [0.2, 0.25) is 0 Å². The summed E-state index contributed by atoms with van der Waals surface area (Å²) in [6.07, 6.45) is 0. The Bertz CT molecular complexity index is 8.81. The van der Waals surface area contributed by atoms with Crippen molar-refractivity contribution in [3.05, 3.63) is 0 Å². The molecule has 0 aliphatic carbocycles. The molecule has 0 heterocycles. The maximum atomic E-state index is 0. The maximum Gasteiger partial charge on any atom is 0 e. The maximum absolute atomic E-state index is 0. The first-order chi connectivity index (χ1) is 0. The molecule has 0 aromatic heterocycles. The van der Waals surface area contributed by atoms with Gasteiger partial charge in [-0.3, -0.25) is 0 Å². The molecule has 0 spiro atoms. The van der Waals surface area contributed by atoms with Crippen LogP contribution in [0.3, 0.4) is 0 Å². The van der Waals surface area contributed by atoms with E-state index in [1.807, 2.05) is 0 Å². The predicted molar refractivity (Wildman–Crippen MR) is 0 cm³/mol. The van der Waals surface area contributed by atoms with E-state index in [-0.39, 0.29) is 187 Å². The zero-order chi connectivity index (χ0) is 0. The van der Waals surface area contributed by atoms with E-state index in [4.69, 9.17) is 0 Å². The third-order valence-corrected chi connectivity index (χ3v) is 0. The van der Waals surface area contributed by atoms with Crippen molar-refractivity contribution in [2.45, 2.75) is 0 Å². The van der Waals surface area contributed by atoms with Gasteiger partial charge in [-0.25, -0.2) is 0 Å². The van der Waals surface area contributed by atoms with E-state index in [1.165, 1.54) is 0 Å². The minimum absolute atomic E-state index is 0. The number of hydrogen-bond donors (Lipinski definition) is 0. The molecule has 0 N–H and O–H groups in total. The van der Waals surface area contributed by atoms with Crippen LogP contribution in [-0.4, -0.2) is 0 Å². The molecule has 10 heavy (non-hydrogen) atoms. The first-order valence-electron chi connectivity index (χ1n) is 0. The molecule has 0 aliphatic rings. The third kappa shape index (κ3) is 66.8. The Hall–Kier alpha value is 5.86. The molecule has 0 nitrogen and oxygen atoms in total. The van der Waals surface area contributed by atoms with Crippen molar-refractivity contribution < 1.29 is 187 Å². The molecule has 0 amide bonds. The van der Waals surface area contributed by atoms with Gasteiger partial charge in [-0.15, -0.1) is 0 Å². The molecule has 0 saturated carbocycles. The van der Waals surface area contributed by atoms with Crippen LogP contribution >= 0.6 is 0 Å². The minimum Gasteiger partial charge on any atom is 0 e. The van der Waals surface area contributed by atoms with Gasteiger partial charge in [-0.1, -0.05) is 0 Å². The summed E-state index contributed by atoms with van der Waals surface area (Å²) in [5, 5.41) is 0. The zero-order valence-corrected chi connectivity index (χ0v) is 21.2. The zero-order valence-electron chi connectivity index (χ0n) is 3.82. The molecule has 3 radical (unpaired) electrons. The van der Waals surface area contributed by atoms with Crippen LogP contribution in [0.4, 0.5) is 0 Å². The molecule has 10 heteroatoms. The van der Waals surface area contributed by atoms with E-state index in [9.17, 15) is 0 Å². The second kappa shape index (κ2) is 83.2. The van der Waals surface area contributed by atoms with Crippen LogP contribution in [0.2, 0.25) is 0 Å². The predicted octanol–water partition coefficient (Wildman–Crippen LogP) is -0.0250. The fourth-order valence-electron chi connectivity index (χ4n) is 0. The van der Waals surface area contributed by atoms with Crippen LogP contribution in [0.15, 0.2) is 0 Å². The van der Waals surface area contributed by atoms with Gasteiger partial charge in [0.15, 0.2) is 0 Å². The van der Waals surface area contributed by atoms with Crippen molar-refractivity contribution in [2.24, 2.45) is 0 Å². The SMILES string of the molecule is [Fe].[Fe].[Fe].[Fe].[Fe].[Fe].[Fe].[Ta].[Ta].[Ta]. The molecule has 0 saturated heterocycles. The van der Waals surface area contributed by atoms with Crippen molar-refractivity contribution in [1.82, 2.24) is 0 Å². The quantitative estimate of drug-likeness (QED) is 0.300. The summed E-state index contributed by atoms with van der Waals surface area (Å²) in [4.78, 5) is 0. The Labute approximate surface area is 182 Å². The minimum atomic E-state index is 0. The Morgan fingerprint density at radius 3 is 0.200 bits per heavy atom. The average Bonchev–Trinajstić information content (AvgIpc) is 0. The summed E-state index contributed by atoms with van der Waals surface area (Å²) < 4.78 is 0.